The third kappa shape index (κ3) is 3.09. The van der Waals surface area contributed by atoms with E-state index in [1.807, 2.05) is 0 Å². The summed E-state index contributed by atoms with van der Waals surface area (Å²) in [7, 11) is 0. The van der Waals surface area contributed by atoms with Crippen LogP contribution in [0, 0.1) is 13.8 Å². The molecule has 2 heterocycles. The zero-order valence-corrected chi connectivity index (χ0v) is 13.5. The van der Waals surface area contributed by atoms with Crippen molar-refractivity contribution in [3.63, 3.8) is 0 Å². The number of fused-ring (bicyclic) bond motifs is 1. The van der Waals surface area contributed by atoms with Crippen LogP contribution in [0.1, 0.15) is 23.1 Å². The van der Waals surface area contributed by atoms with Gasteiger partial charge in [-0.05, 0) is 31.4 Å². The molecule has 0 unspecified atom stereocenters. The molecule has 124 valence electrons. The Morgan fingerprint density at radius 2 is 2.13 bits per heavy atom. The molecule has 1 aromatic carbocycles. The SMILES string of the molecule is Cc1ccc(CN[C@H]2C[C@H]3C(=O)N[C@@H](CO)C(=O)N3C2)c(C)c1. The highest BCUT2D eigenvalue weighted by Gasteiger charge is 2.45. The molecule has 2 amide bonds. The van der Waals surface area contributed by atoms with Gasteiger partial charge in [0.1, 0.15) is 12.1 Å². The summed E-state index contributed by atoms with van der Waals surface area (Å²) in [6.07, 6.45) is 0.612. The molecule has 0 bridgehead atoms. The highest BCUT2D eigenvalue weighted by Crippen LogP contribution is 2.23. The van der Waals surface area contributed by atoms with Crippen molar-refractivity contribution in [3.8, 4) is 0 Å². The van der Waals surface area contributed by atoms with Crippen LogP contribution < -0.4 is 10.6 Å². The molecule has 3 N–H and O–H groups in total. The second-order valence-electron chi connectivity index (χ2n) is 6.49. The van der Waals surface area contributed by atoms with E-state index in [2.05, 4.69) is 42.7 Å². The number of aryl methyl sites for hydroxylation is 2. The van der Waals surface area contributed by atoms with Crippen molar-refractivity contribution in [1.29, 1.82) is 0 Å². The molecular weight excluding hydrogens is 294 g/mol. The van der Waals surface area contributed by atoms with Crippen LogP contribution in [0.5, 0.6) is 0 Å². The molecule has 23 heavy (non-hydrogen) atoms. The molecule has 6 nitrogen and oxygen atoms in total. The van der Waals surface area contributed by atoms with E-state index in [0.29, 0.717) is 13.0 Å². The van der Waals surface area contributed by atoms with Crippen LogP contribution in [0.15, 0.2) is 18.2 Å². The fraction of sp³-hybridized carbons (Fsp3) is 0.529. The number of hydrogen-bond acceptors (Lipinski definition) is 4. The largest absolute Gasteiger partial charge is 0.394 e. The molecule has 0 spiro atoms. The Hall–Kier alpha value is -1.92. The van der Waals surface area contributed by atoms with Crippen molar-refractivity contribution in [2.24, 2.45) is 0 Å². The lowest BCUT2D eigenvalue weighted by Gasteiger charge is -2.33. The number of benzene rings is 1. The number of nitrogens with one attached hydrogen (secondary N) is 2. The molecule has 0 aliphatic carbocycles. The lowest BCUT2D eigenvalue weighted by Crippen LogP contribution is -2.62. The van der Waals surface area contributed by atoms with Gasteiger partial charge in [0.2, 0.25) is 11.8 Å². The number of rotatable bonds is 4. The summed E-state index contributed by atoms with van der Waals surface area (Å²) in [6, 6.07) is 5.23. The Kier molecular flexibility index (Phi) is 4.37. The van der Waals surface area contributed by atoms with Crippen LogP contribution in [0.4, 0.5) is 0 Å². The van der Waals surface area contributed by atoms with Gasteiger partial charge >= 0.3 is 0 Å². The first-order valence-corrected chi connectivity index (χ1v) is 8.01. The second-order valence-corrected chi connectivity index (χ2v) is 6.49. The van der Waals surface area contributed by atoms with Gasteiger partial charge in [-0.1, -0.05) is 23.8 Å². The second kappa shape index (κ2) is 6.29. The maximum Gasteiger partial charge on any atom is 0.248 e. The highest BCUT2D eigenvalue weighted by molar-refractivity contribution is 5.97. The summed E-state index contributed by atoms with van der Waals surface area (Å²) in [5.74, 6) is -0.354. The Bertz CT molecular complexity index is 632. The minimum absolute atomic E-state index is 0.0906. The van der Waals surface area contributed by atoms with E-state index in [0.717, 1.165) is 6.54 Å². The number of piperazine rings is 1. The summed E-state index contributed by atoms with van der Waals surface area (Å²) in [4.78, 5) is 25.9. The quantitative estimate of drug-likeness (QED) is 0.721. The molecule has 3 rings (SSSR count). The summed E-state index contributed by atoms with van der Waals surface area (Å²) in [5.41, 5.74) is 3.70. The van der Waals surface area contributed by atoms with Crippen LogP contribution in [0.25, 0.3) is 0 Å². The third-order valence-electron chi connectivity index (χ3n) is 4.76. The maximum atomic E-state index is 12.2. The molecule has 0 radical (unpaired) electrons. The molecule has 2 saturated heterocycles. The van der Waals surface area contributed by atoms with E-state index in [4.69, 9.17) is 0 Å². The first-order chi connectivity index (χ1) is 11.0. The monoisotopic (exact) mass is 317 g/mol. The minimum atomic E-state index is -0.795. The standard InChI is InChI=1S/C17H23N3O3/c1-10-3-4-12(11(2)5-10)7-18-13-6-15-16(22)19-14(9-21)17(23)20(15)8-13/h3-5,13-15,18,21H,6-9H2,1-2H3,(H,19,22)/t13-,14-,15-/m0/s1. The van der Waals surface area contributed by atoms with Crippen LogP contribution in [-0.2, 0) is 16.1 Å². The normalized spacial score (nSPS) is 27.1. The predicted molar refractivity (Wildman–Crippen MR) is 85.7 cm³/mol. The number of hydrogen-bond donors (Lipinski definition) is 3. The molecule has 2 aliphatic heterocycles. The highest BCUT2D eigenvalue weighted by atomic mass is 16.3. The van der Waals surface area contributed by atoms with Crippen LogP contribution in [0.3, 0.4) is 0 Å². The fourth-order valence-electron chi connectivity index (χ4n) is 3.43. The molecule has 2 fully saturated rings. The topological polar surface area (TPSA) is 81.7 Å². The summed E-state index contributed by atoms with van der Waals surface area (Å²) < 4.78 is 0. The van der Waals surface area contributed by atoms with Crippen molar-refractivity contribution in [2.75, 3.05) is 13.2 Å². The first-order valence-electron chi connectivity index (χ1n) is 8.01. The predicted octanol–water partition coefficient (Wildman–Crippen LogP) is -0.147. The van der Waals surface area contributed by atoms with Crippen molar-refractivity contribution >= 4 is 11.8 Å². The number of aliphatic hydroxyl groups excluding tert-OH is 1. The summed E-state index contributed by atoms with van der Waals surface area (Å²) in [5, 5.41) is 15.2. The fourth-order valence-corrected chi connectivity index (χ4v) is 3.43. The van der Waals surface area contributed by atoms with E-state index in [9.17, 15) is 14.7 Å². The lowest BCUT2D eigenvalue weighted by atomic mass is 10.0. The zero-order chi connectivity index (χ0) is 16.6. The van der Waals surface area contributed by atoms with E-state index in [1.165, 1.54) is 16.7 Å². The van der Waals surface area contributed by atoms with Gasteiger partial charge in [-0.15, -0.1) is 0 Å². The van der Waals surface area contributed by atoms with Crippen LogP contribution >= 0.6 is 0 Å². The van der Waals surface area contributed by atoms with Gasteiger partial charge in [-0.25, -0.2) is 0 Å². The Balaban J connectivity index is 1.63. The smallest absolute Gasteiger partial charge is 0.248 e. The van der Waals surface area contributed by atoms with Gasteiger partial charge in [0.05, 0.1) is 6.61 Å². The first kappa shape index (κ1) is 16.0. The van der Waals surface area contributed by atoms with E-state index in [-0.39, 0.29) is 24.5 Å². The Labute approximate surface area is 135 Å². The van der Waals surface area contributed by atoms with E-state index in [1.54, 1.807) is 4.90 Å². The molecule has 1 aromatic rings. The average molecular weight is 317 g/mol. The Morgan fingerprint density at radius 3 is 2.83 bits per heavy atom. The van der Waals surface area contributed by atoms with Crippen LogP contribution in [0.2, 0.25) is 0 Å². The van der Waals surface area contributed by atoms with Gasteiger partial charge < -0.3 is 20.6 Å². The molecule has 3 atom stereocenters. The van der Waals surface area contributed by atoms with Crippen molar-refractivity contribution in [2.45, 2.75) is 44.9 Å². The number of nitrogens with zero attached hydrogens (tertiary/aromatic N) is 1. The number of carbonyl (C=O) groups excluding carboxylic acids is 2. The molecular formula is C17H23N3O3. The summed E-state index contributed by atoms with van der Waals surface area (Å²) >= 11 is 0. The van der Waals surface area contributed by atoms with Crippen LogP contribution in [-0.4, -0.2) is 53.1 Å². The van der Waals surface area contributed by atoms with E-state index >= 15 is 0 Å². The number of carbonyl (C=O) groups is 2. The van der Waals surface area contributed by atoms with E-state index < -0.39 is 12.1 Å². The van der Waals surface area contributed by atoms with Gasteiger partial charge in [-0.2, -0.15) is 0 Å². The van der Waals surface area contributed by atoms with Crippen molar-refractivity contribution in [1.82, 2.24) is 15.5 Å². The lowest BCUT2D eigenvalue weighted by molar-refractivity contribution is -0.148. The van der Waals surface area contributed by atoms with Gasteiger partial charge in [0.25, 0.3) is 0 Å². The van der Waals surface area contributed by atoms with Gasteiger partial charge in [-0.3, -0.25) is 9.59 Å². The average Bonchev–Trinajstić information content (AvgIpc) is 2.95. The third-order valence-corrected chi connectivity index (χ3v) is 4.76. The van der Waals surface area contributed by atoms with Gasteiger partial charge in [0.15, 0.2) is 0 Å². The molecule has 2 aliphatic rings. The molecule has 0 aromatic heterocycles. The summed E-state index contributed by atoms with van der Waals surface area (Å²) in [6.45, 7) is 5.04. The zero-order valence-electron chi connectivity index (χ0n) is 13.5. The van der Waals surface area contributed by atoms with Crippen molar-refractivity contribution in [3.05, 3.63) is 34.9 Å². The molecule has 6 heteroatoms. The minimum Gasteiger partial charge on any atom is -0.394 e. The van der Waals surface area contributed by atoms with Gasteiger partial charge in [0, 0.05) is 19.1 Å². The Morgan fingerprint density at radius 1 is 1.35 bits per heavy atom. The van der Waals surface area contributed by atoms with Crippen molar-refractivity contribution < 1.29 is 14.7 Å². The number of aliphatic hydroxyl groups is 1. The molecule has 0 saturated carbocycles. The number of amides is 2. The maximum absolute atomic E-state index is 12.2.